The van der Waals surface area contributed by atoms with E-state index in [1.54, 1.807) is 12.2 Å². The van der Waals surface area contributed by atoms with Gasteiger partial charge in [0.05, 0.1) is 24.4 Å². The van der Waals surface area contributed by atoms with Crippen LogP contribution in [0, 0.1) is 0 Å². The number of aliphatic hydroxyl groups is 3. The largest absolute Gasteiger partial charge is 0.481 e. The highest BCUT2D eigenvalue weighted by atomic mass is 16.5. The van der Waals surface area contributed by atoms with Crippen molar-refractivity contribution < 1.29 is 30.0 Å². The monoisotopic (exact) mass is 394 g/mol. The summed E-state index contributed by atoms with van der Waals surface area (Å²) in [7, 11) is 0. The lowest BCUT2D eigenvalue weighted by Crippen LogP contribution is -2.25. The van der Waals surface area contributed by atoms with Gasteiger partial charge in [0.2, 0.25) is 0 Å². The highest BCUT2D eigenvalue weighted by Gasteiger charge is 2.35. The number of aliphatic hydroxyl groups excluding tert-OH is 3. The minimum absolute atomic E-state index is 0.157. The average molecular weight is 395 g/mol. The fourth-order valence-electron chi connectivity index (χ4n) is 2.77. The van der Waals surface area contributed by atoms with Gasteiger partial charge >= 0.3 is 5.97 Å². The molecule has 4 N–H and O–H groups in total. The number of hydrogen-bond acceptors (Lipinski definition) is 5. The molecule has 6 nitrogen and oxygen atoms in total. The second-order valence-electron chi connectivity index (χ2n) is 6.92. The minimum Gasteiger partial charge on any atom is -0.481 e. The Morgan fingerprint density at radius 3 is 2.39 bits per heavy atom. The molecule has 0 bridgehead atoms. The zero-order valence-electron chi connectivity index (χ0n) is 16.6. The van der Waals surface area contributed by atoms with E-state index in [4.69, 9.17) is 9.84 Å². The Balaban J connectivity index is 2.22. The van der Waals surface area contributed by atoms with E-state index in [-0.39, 0.29) is 6.42 Å². The second-order valence-corrected chi connectivity index (χ2v) is 6.92. The predicted molar refractivity (Wildman–Crippen MR) is 109 cm³/mol. The summed E-state index contributed by atoms with van der Waals surface area (Å²) in [4.78, 5) is 10.4. The van der Waals surface area contributed by atoms with E-state index in [0.717, 1.165) is 12.8 Å². The van der Waals surface area contributed by atoms with Crippen LogP contribution in [0.5, 0.6) is 0 Å². The van der Waals surface area contributed by atoms with E-state index in [9.17, 15) is 20.1 Å². The van der Waals surface area contributed by atoms with Crippen molar-refractivity contribution in [1.29, 1.82) is 0 Å². The van der Waals surface area contributed by atoms with Crippen LogP contribution < -0.4 is 0 Å². The lowest BCUT2D eigenvalue weighted by atomic mass is 10.0. The molecule has 1 aliphatic heterocycles. The minimum atomic E-state index is -0.785. The third-order valence-electron chi connectivity index (χ3n) is 4.50. The molecule has 0 saturated carbocycles. The van der Waals surface area contributed by atoms with Crippen LogP contribution in [0.1, 0.15) is 51.9 Å². The molecule has 1 rings (SSSR count). The normalized spacial score (nSPS) is 25.5. The fraction of sp³-hybridized carbons (Fsp3) is 0.591. The number of ether oxygens (including phenoxy) is 1. The Bertz CT molecular complexity index is 551. The molecule has 0 aromatic carbocycles. The van der Waals surface area contributed by atoms with Crippen molar-refractivity contribution in [1.82, 2.24) is 0 Å². The summed E-state index contributed by atoms with van der Waals surface area (Å²) in [6, 6.07) is 0. The molecule has 1 aliphatic rings. The first-order valence-electron chi connectivity index (χ1n) is 9.98. The van der Waals surface area contributed by atoms with Gasteiger partial charge in [0.1, 0.15) is 6.10 Å². The van der Waals surface area contributed by atoms with Gasteiger partial charge in [0.25, 0.3) is 0 Å². The summed E-state index contributed by atoms with van der Waals surface area (Å²) < 4.78 is 5.70. The standard InChI is InChI=1S/C22H34O6/c1-2-17(23)14-15-20-19(25)16-21(28-20)18(24)12-10-8-6-4-3-5-7-9-11-13-22(26)27/h3-4,7-10,14-15,17-21,23-25H,2,5-6,11-13,16H2,1H3,(H,26,27)/b4-3-,9-7-,10-8-,15-14+/t17-,18-,19-,20+,21+/m0/s1. The molecule has 0 amide bonds. The van der Waals surface area contributed by atoms with Gasteiger partial charge in [-0.2, -0.15) is 0 Å². The number of carboxylic acids is 1. The quantitative estimate of drug-likeness (QED) is 0.358. The van der Waals surface area contributed by atoms with Gasteiger partial charge in [0.15, 0.2) is 0 Å². The maximum absolute atomic E-state index is 10.4. The zero-order valence-corrected chi connectivity index (χ0v) is 16.6. The van der Waals surface area contributed by atoms with Crippen LogP contribution in [0.15, 0.2) is 48.6 Å². The summed E-state index contributed by atoms with van der Waals surface area (Å²) in [5.41, 5.74) is 0. The molecule has 5 atom stereocenters. The van der Waals surface area contributed by atoms with Crippen molar-refractivity contribution in [3.05, 3.63) is 48.6 Å². The number of carboxylic acid groups (broad SMARTS) is 1. The van der Waals surface area contributed by atoms with Crippen molar-refractivity contribution in [2.75, 3.05) is 0 Å². The Labute approximate surface area is 167 Å². The Morgan fingerprint density at radius 2 is 1.75 bits per heavy atom. The lowest BCUT2D eigenvalue weighted by molar-refractivity contribution is -0.136. The average Bonchev–Trinajstić information content (AvgIpc) is 3.04. The van der Waals surface area contributed by atoms with E-state index < -0.39 is 36.5 Å². The van der Waals surface area contributed by atoms with Gasteiger partial charge in [-0.1, -0.05) is 55.5 Å². The van der Waals surface area contributed by atoms with Crippen LogP contribution in [-0.4, -0.2) is 56.9 Å². The predicted octanol–water partition coefficient (Wildman–Crippen LogP) is 2.90. The molecule has 28 heavy (non-hydrogen) atoms. The van der Waals surface area contributed by atoms with Gasteiger partial charge in [-0.05, 0) is 32.1 Å². The first-order valence-corrected chi connectivity index (χ1v) is 9.98. The molecular formula is C22H34O6. The van der Waals surface area contributed by atoms with Crippen molar-refractivity contribution in [2.24, 2.45) is 0 Å². The Morgan fingerprint density at radius 1 is 1.11 bits per heavy atom. The zero-order chi connectivity index (χ0) is 20.8. The highest BCUT2D eigenvalue weighted by molar-refractivity contribution is 5.66. The van der Waals surface area contributed by atoms with Crippen molar-refractivity contribution in [2.45, 2.75) is 82.4 Å². The van der Waals surface area contributed by atoms with E-state index in [1.165, 1.54) is 0 Å². The first kappa shape index (κ1) is 24.3. The Hall–Kier alpha value is -1.73. The second kappa shape index (κ2) is 14.3. The van der Waals surface area contributed by atoms with Crippen LogP contribution in [0.2, 0.25) is 0 Å². The summed E-state index contributed by atoms with van der Waals surface area (Å²) in [5, 5.41) is 38.3. The van der Waals surface area contributed by atoms with Gasteiger partial charge in [-0.3, -0.25) is 4.79 Å². The molecule has 0 aromatic rings. The van der Waals surface area contributed by atoms with Crippen molar-refractivity contribution >= 4 is 5.97 Å². The topological polar surface area (TPSA) is 107 Å². The molecular weight excluding hydrogens is 360 g/mol. The van der Waals surface area contributed by atoms with Crippen LogP contribution in [0.4, 0.5) is 0 Å². The van der Waals surface area contributed by atoms with Crippen molar-refractivity contribution in [3.63, 3.8) is 0 Å². The SMILES string of the molecule is CC[C@H](O)/C=C/[C@H]1O[C@@H]([C@@H](O)C/C=C\C/C=C\C/C=C\CCC(=O)O)C[C@@H]1O. The smallest absolute Gasteiger partial charge is 0.303 e. The van der Waals surface area contributed by atoms with E-state index in [2.05, 4.69) is 0 Å². The number of allylic oxidation sites excluding steroid dienone is 5. The maximum atomic E-state index is 10.4. The summed E-state index contributed by atoms with van der Waals surface area (Å²) in [6.07, 6.45) is 15.9. The highest BCUT2D eigenvalue weighted by Crippen LogP contribution is 2.25. The Kier molecular flexibility index (Phi) is 12.4. The van der Waals surface area contributed by atoms with E-state index >= 15 is 0 Å². The molecule has 0 spiro atoms. The number of carbonyl (C=O) groups is 1. The third kappa shape index (κ3) is 10.6. The van der Waals surface area contributed by atoms with Gasteiger partial charge in [-0.25, -0.2) is 0 Å². The van der Waals surface area contributed by atoms with Crippen LogP contribution in [0.25, 0.3) is 0 Å². The summed E-state index contributed by atoms with van der Waals surface area (Å²) >= 11 is 0. The van der Waals surface area contributed by atoms with Crippen molar-refractivity contribution in [3.8, 4) is 0 Å². The van der Waals surface area contributed by atoms with Gasteiger partial charge < -0.3 is 25.2 Å². The number of aliphatic carboxylic acids is 1. The van der Waals surface area contributed by atoms with Gasteiger partial charge in [-0.15, -0.1) is 0 Å². The lowest BCUT2D eigenvalue weighted by Gasteiger charge is -2.16. The molecule has 0 aliphatic carbocycles. The fourth-order valence-corrected chi connectivity index (χ4v) is 2.77. The summed E-state index contributed by atoms with van der Waals surface area (Å²) in [5.74, 6) is -0.785. The molecule has 158 valence electrons. The van der Waals surface area contributed by atoms with E-state index in [1.807, 2.05) is 43.4 Å². The first-order chi connectivity index (χ1) is 13.4. The van der Waals surface area contributed by atoms with Gasteiger partial charge in [0, 0.05) is 12.8 Å². The molecule has 1 heterocycles. The molecule has 6 heteroatoms. The molecule has 0 unspecified atom stereocenters. The van der Waals surface area contributed by atoms with E-state index in [0.29, 0.717) is 25.7 Å². The van der Waals surface area contributed by atoms with Crippen LogP contribution >= 0.6 is 0 Å². The van der Waals surface area contributed by atoms with Crippen LogP contribution in [0.3, 0.4) is 0 Å². The molecule has 1 saturated heterocycles. The number of rotatable bonds is 13. The third-order valence-corrected chi connectivity index (χ3v) is 4.50. The molecule has 0 radical (unpaired) electrons. The number of hydrogen-bond donors (Lipinski definition) is 4. The molecule has 0 aromatic heterocycles. The molecule has 1 fully saturated rings. The van der Waals surface area contributed by atoms with Crippen LogP contribution in [-0.2, 0) is 9.53 Å². The maximum Gasteiger partial charge on any atom is 0.303 e. The summed E-state index contributed by atoms with van der Waals surface area (Å²) in [6.45, 7) is 1.87.